The van der Waals surface area contributed by atoms with Gasteiger partial charge in [0.1, 0.15) is 5.82 Å². The van der Waals surface area contributed by atoms with E-state index in [0.29, 0.717) is 12.1 Å². The van der Waals surface area contributed by atoms with Crippen molar-refractivity contribution in [1.29, 1.82) is 0 Å². The molecule has 26 heavy (non-hydrogen) atoms. The van der Waals surface area contributed by atoms with E-state index in [-0.39, 0.29) is 24.2 Å². The van der Waals surface area contributed by atoms with Crippen molar-refractivity contribution < 1.29 is 14.0 Å². The summed E-state index contributed by atoms with van der Waals surface area (Å²) in [7, 11) is 0. The molecule has 0 unspecified atom stereocenters. The number of benzene rings is 2. The maximum atomic E-state index is 12.8. The van der Waals surface area contributed by atoms with Gasteiger partial charge in [-0.05, 0) is 73.5 Å². The van der Waals surface area contributed by atoms with Crippen LogP contribution in [0.1, 0.15) is 27.9 Å². The molecule has 0 fully saturated rings. The van der Waals surface area contributed by atoms with Crippen LogP contribution in [0.4, 0.5) is 4.39 Å². The smallest absolute Gasteiger partial charge is 0.251 e. The largest absolute Gasteiger partial charge is 0.355 e. The SMILES string of the molecule is Cc1ccc(C(=O)NCC(=O)NCCCSc2ccc(F)cc2)cc1C. The van der Waals surface area contributed by atoms with Gasteiger partial charge in [-0.15, -0.1) is 11.8 Å². The summed E-state index contributed by atoms with van der Waals surface area (Å²) in [6.45, 7) is 4.42. The molecule has 0 aromatic heterocycles. The van der Waals surface area contributed by atoms with Gasteiger partial charge in [-0.3, -0.25) is 9.59 Å². The van der Waals surface area contributed by atoms with Crippen molar-refractivity contribution in [1.82, 2.24) is 10.6 Å². The zero-order chi connectivity index (χ0) is 18.9. The van der Waals surface area contributed by atoms with Crippen LogP contribution in [0, 0.1) is 19.7 Å². The molecule has 0 atom stereocenters. The Morgan fingerprint density at radius 3 is 2.42 bits per heavy atom. The molecule has 2 rings (SSSR count). The minimum atomic E-state index is -0.255. The molecule has 6 heteroatoms. The number of carbonyl (C=O) groups is 2. The Bertz CT molecular complexity index is 763. The van der Waals surface area contributed by atoms with E-state index in [1.807, 2.05) is 26.0 Å². The lowest BCUT2D eigenvalue weighted by Crippen LogP contribution is -2.37. The fourth-order valence-corrected chi connectivity index (χ4v) is 3.08. The van der Waals surface area contributed by atoms with Crippen molar-refractivity contribution in [3.63, 3.8) is 0 Å². The summed E-state index contributed by atoms with van der Waals surface area (Å²) in [6, 6.07) is 11.8. The summed E-state index contributed by atoms with van der Waals surface area (Å²) < 4.78 is 12.8. The first-order valence-electron chi connectivity index (χ1n) is 8.46. The lowest BCUT2D eigenvalue weighted by atomic mass is 10.1. The highest BCUT2D eigenvalue weighted by atomic mass is 32.2. The van der Waals surface area contributed by atoms with Crippen LogP contribution >= 0.6 is 11.8 Å². The average molecular weight is 374 g/mol. The average Bonchev–Trinajstić information content (AvgIpc) is 2.63. The molecule has 2 N–H and O–H groups in total. The number of rotatable bonds is 8. The summed E-state index contributed by atoms with van der Waals surface area (Å²) in [5.41, 5.74) is 2.72. The molecule has 0 aliphatic carbocycles. The molecular weight excluding hydrogens is 351 g/mol. The van der Waals surface area contributed by atoms with Gasteiger partial charge >= 0.3 is 0 Å². The summed E-state index contributed by atoms with van der Waals surface area (Å²) in [5.74, 6) is 0.106. The van der Waals surface area contributed by atoms with Crippen molar-refractivity contribution in [3.8, 4) is 0 Å². The van der Waals surface area contributed by atoms with Crippen LogP contribution in [0.5, 0.6) is 0 Å². The zero-order valence-corrected chi connectivity index (χ0v) is 15.8. The molecule has 0 heterocycles. The van der Waals surface area contributed by atoms with E-state index in [0.717, 1.165) is 28.2 Å². The van der Waals surface area contributed by atoms with E-state index in [1.54, 1.807) is 30.0 Å². The van der Waals surface area contributed by atoms with Gasteiger partial charge in [0.05, 0.1) is 6.54 Å². The number of aryl methyl sites for hydroxylation is 2. The van der Waals surface area contributed by atoms with Crippen LogP contribution in [0.2, 0.25) is 0 Å². The van der Waals surface area contributed by atoms with E-state index in [4.69, 9.17) is 0 Å². The lowest BCUT2D eigenvalue weighted by molar-refractivity contribution is -0.120. The zero-order valence-electron chi connectivity index (χ0n) is 15.0. The van der Waals surface area contributed by atoms with E-state index < -0.39 is 0 Å². The number of amides is 2. The third kappa shape index (κ3) is 6.52. The number of halogens is 1. The van der Waals surface area contributed by atoms with Crippen LogP contribution in [-0.2, 0) is 4.79 Å². The monoisotopic (exact) mass is 374 g/mol. The molecule has 0 spiro atoms. The molecule has 138 valence electrons. The van der Waals surface area contributed by atoms with Gasteiger partial charge in [0, 0.05) is 17.0 Å². The van der Waals surface area contributed by atoms with Gasteiger partial charge in [0.15, 0.2) is 0 Å². The van der Waals surface area contributed by atoms with Gasteiger partial charge in [-0.25, -0.2) is 4.39 Å². The Labute approximate surface area is 157 Å². The second kappa shape index (κ2) is 9.97. The van der Waals surface area contributed by atoms with Gasteiger partial charge < -0.3 is 10.6 Å². The van der Waals surface area contributed by atoms with Crippen LogP contribution in [0.15, 0.2) is 47.4 Å². The topological polar surface area (TPSA) is 58.2 Å². The Hall–Kier alpha value is -2.34. The summed E-state index contributed by atoms with van der Waals surface area (Å²) >= 11 is 1.61. The number of hydrogen-bond donors (Lipinski definition) is 2. The van der Waals surface area contributed by atoms with Crippen molar-refractivity contribution in [3.05, 3.63) is 65.0 Å². The second-order valence-corrected chi connectivity index (χ2v) is 7.16. The predicted octanol–water partition coefficient (Wildman–Crippen LogP) is 3.47. The number of hydrogen-bond acceptors (Lipinski definition) is 3. The minimum Gasteiger partial charge on any atom is -0.355 e. The van der Waals surface area contributed by atoms with Crippen molar-refractivity contribution in [2.24, 2.45) is 0 Å². The highest BCUT2D eigenvalue weighted by Gasteiger charge is 2.08. The van der Waals surface area contributed by atoms with Crippen LogP contribution in [0.25, 0.3) is 0 Å². The number of carbonyl (C=O) groups excluding carboxylic acids is 2. The van der Waals surface area contributed by atoms with Crippen LogP contribution < -0.4 is 10.6 Å². The molecule has 2 amide bonds. The first kappa shape index (κ1) is 20.0. The van der Waals surface area contributed by atoms with Gasteiger partial charge in [0.2, 0.25) is 5.91 Å². The molecule has 0 saturated heterocycles. The first-order chi connectivity index (χ1) is 12.5. The highest BCUT2D eigenvalue weighted by molar-refractivity contribution is 7.99. The van der Waals surface area contributed by atoms with Gasteiger partial charge in [-0.2, -0.15) is 0 Å². The molecule has 0 aliphatic rings. The molecule has 2 aromatic rings. The molecule has 0 radical (unpaired) electrons. The molecular formula is C20H23FN2O2S. The maximum absolute atomic E-state index is 12.8. The molecule has 0 aliphatic heterocycles. The Balaban J connectivity index is 1.61. The molecule has 0 saturated carbocycles. The third-order valence-electron chi connectivity index (χ3n) is 3.90. The Kier molecular flexibility index (Phi) is 7.66. The quantitative estimate of drug-likeness (QED) is 0.549. The highest BCUT2D eigenvalue weighted by Crippen LogP contribution is 2.18. The van der Waals surface area contributed by atoms with Crippen LogP contribution in [-0.4, -0.2) is 30.7 Å². The van der Waals surface area contributed by atoms with E-state index in [2.05, 4.69) is 10.6 Å². The molecule has 0 bridgehead atoms. The number of thioether (sulfide) groups is 1. The van der Waals surface area contributed by atoms with E-state index >= 15 is 0 Å². The predicted molar refractivity (Wildman–Crippen MR) is 103 cm³/mol. The standard InChI is InChI=1S/C20H23FN2O2S/c1-14-4-5-16(12-15(14)2)20(25)23-13-19(24)22-10-3-11-26-18-8-6-17(21)7-9-18/h4-9,12H,3,10-11,13H2,1-2H3,(H,22,24)(H,23,25). The van der Waals surface area contributed by atoms with Crippen molar-refractivity contribution in [2.75, 3.05) is 18.8 Å². The summed E-state index contributed by atoms with van der Waals surface area (Å²) in [4.78, 5) is 24.8. The first-order valence-corrected chi connectivity index (χ1v) is 9.45. The lowest BCUT2D eigenvalue weighted by Gasteiger charge is -2.08. The summed E-state index contributed by atoms with van der Waals surface area (Å²) in [6.07, 6.45) is 0.791. The van der Waals surface area contributed by atoms with E-state index in [1.165, 1.54) is 12.1 Å². The van der Waals surface area contributed by atoms with Crippen molar-refractivity contribution in [2.45, 2.75) is 25.2 Å². The van der Waals surface area contributed by atoms with Gasteiger partial charge in [0.25, 0.3) is 5.91 Å². The third-order valence-corrected chi connectivity index (χ3v) is 5.00. The summed E-state index contributed by atoms with van der Waals surface area (Å²) in [5, 5.41) is 5.40. The molecule has 2 aromatic carbocycles. The number of nitrogens with one attached hydrogen (secondary N) is 2. The Morgan fingerprint density at radius 2 is 1.73 bits per heavy atom. The fraction of sp³-hybridized carbons (Fsp3) is 0.300. The van der Waals surface area contributed by atoms with E-state index in [9.17, 15) is 14.0 Å². The van der Waals surface area contributed by atoms with Crippen molar-refractivity contribution >= 4 is 23.6 Å². The Morgan fingerprint density at radius 1 is 1.00 bits per heavy atom. The normalized spacial score (nSPS) is 10.4. The van der Waals surface area contributed by atoms with Crippen LogP contribution in [0.3, 0.4) is 0 Å². The minimum absolute atomic E-state index is 0.0448. The fourth-order valence-electron chi connectivity index (χ4n) is 2.23. The van der Waals surface area contributed by atoms with Gasteiger partial charge in [-0.1, -0.05) is 6.07 Å². The second-order valence-electron chi connectivity index (χ2n) is 5.99. The maximum Gasteiger partial charge on any atom is 0.251 e. The molecule has 4 nitrogen and oxygen atoms in total.